The molecule has 0 bridgehead atoms. The summed E-state index contributed by atoms with van der Waals surface area (Å²) in [5.41, 5.74) is 6.51. The van der Waals surface area contributed by atoms with Gasteiger partial charge < -0.3 is 15.8 Å². The number of ether oxygens (including phenoxy) is 1. The Kier molecular flexibility index (Phi) is 3.87. The van der Waals surface area contributed by atoms with E-state index in [2.05, 4.69) is 10.3 Å². The van der Waals surface area contributed by atoms with E-state index >= 15 is 0 Å². The van der Waals surface area contributed by atoms with Gasteiger partial charge in [-0.3, -0.25) is 4.79 Å². The van der Waals surface area contributed by atoms with E-state index in [-0.39, 0.29) is 5.91 Å². The average molecular weight is 278 g/mol. The van der Waals surface area contributed by atoms with Gasteiger partial charge >= 0.3 is 0 Å². The lowest BCUT2D eigenvalue weighted by Crippen LogP contribution is -2.14. The fourth-order valence-corrected chi connectivity index (χ4v) is 1.72. The Morgan fingerprint density at radius 2 is 2.21 bits per heavy atom. The molecular weight excluding hydrogens is 266 g/mol. The number of carbonyl (C=O) groups is 1. The molecular formula is C13H12ClN3O2. The fourth-order valence-electron chi connectivity index (χ4n) is 1.55. The van der Waals surface area contributed by atoms with Gasteiger partial charge in [-0.15, -0.1) is 0 Å². The molecule has 0 atom stereocenters. The third-order valence-corrected chi connectivity index (χ3v) is 2.77. The average Bonchev–Trinajstić information content (AvgIpc) is 2.41. The fraction of sp³-hybridized carbons (Fsp3) is 0.0769. The summed E-state index contributed by atoms with van der Waals surface area (Å²) in [6.07, 6.45) is 1.54. The summed E-state index contributed by atoms with van der Waals surface area (Å²) < 4.78 is 5.12. The third kappa shape index (κ3) is 2.95. The van der Waals surface area contributed by atoms with Crippen LogP contribution < -0.4 is 15.8 Å². The van der Waals surface area contributed by atoms with E-state index in [9.17, 15) is 4.79 Å². The highest BCUT2D eigenvalue weighted by atomic mass is 35.5. The van der Waals surface area contributed by atoms with Crippen molar-refractivity contribution in [3.63, 3.8) is 0 Å². The Balaban J connectivity index is 2.28. The highest BCUT2D eigenvalue weighted by Gasteiger charge is 2.14. The Bertz CT molecular complexity index is 617. The summed E-state index contributed by atoms with van der Waals surface area (Å²) in [4.78, 5) is 16.1. The largest absolute Gasteiger partial charge is 0.496 e. The maximum Gasteiger partial charge on any atom is 0.260 e. The SMILES string of the molecule is COc1cc(N)ccc1C(=O)Nc1ncccc1Cl. The van der Waals surface area contributed by atoms with Gasteiger partial charge in [0.15, 0.2) is 5.82 Å². The van der Waals surface area contributed by atoms with Gasteiger partial charge in [0.05, 0.1) is 17.7 Å². The van der Waals surface area contributed by atoms with E-state index in [0.29, 0.717) is 27.8 Å². The van der Waals surface area contributed by atoms with Crippen LogP contribution in [0.3, 0.4) is 0 Å². The molecule has 1 amide bonds. The summed E-state index contributed by atoms with van der Waals surface area (Å²) in [5.74, 6) is 0.329. The lowest BCUT2D eigenvalue weighted by atomic mass is 10.1. The molecule has 19 heavy (non-hydrogen) atoms. The van der Waals surface area contributed by atoms with Crippen molar-refractivity contribution in [2.75, 3.05) is 18.2 Å². The molecule has 0 unspecified atom stereocenters. The molecule has 3 N–H and O–H groups in total. The van der Waals surface area contributed by atoms with Crippen molar-refractivity contribution in [1.82, 2.24) is 4.98 Å². The second kappa shape index (κ2) is 5.58. The van der Waals surface area contributed by atoms with Crippen LogP contribution in [-0.4, -0.2) is 18.0 Å². The number of anilines is 2. The van der Waals surface area contributed by atoms with Crippen molar-refractivity contribution in [1.29, 1.82) is 0 Å². The predicted molar refractivity (Wildman–Crippen MR) is 74.6 cm³/mol. The number of nitrogens with two attached hydrogens (primary N) is 1. The van der Waals surface area contributed by atoms with Crippen molar-refractivity contribution >= 4 is 29.0 Å². The molecule has 1 aromatic heterocycles. The minimum Gasteiger partial charge on any atom is -0.496 e. The van der Waals surface area contributed by atoms with Crippen LogP contribution in [0.1, 0.15) is 10.4 Å². The van der Waals surface area contributed by atoms with Gasteiger partial charge in [-0.1, -0.05) is 11.6 Å². The van der Waals surface area contributed by atoms with Gasteiger partial charge in [0, 0.05) is 18.0 Å². The van der Waals surface area contributed by atoms with Crippen molar-refractivity contribution in [2.24, 2.45) is 0 Å². The molecule has 2 rings (SSSR count). The van der Waals surface area contributed by atoms with E-state index < -0.39 is 0 Å². The highest BCUT2D eigenvalue weighted by molar-refractivity contribution is 6.33. The van der Waals surface area contributed by atoms with Crippen molar-refractivity contribution < 1.29 is 9.53 Å². The molecule has 6 heteroatoms. The maximum atomic E-state index is 12.1. The first-order valence-corrected chi connectivity index (χ1v) is 5.85. The number of methoxy groups -OCH3 is 1. The lowest BCUT2D eigenvalue weighted by molar-refractivity contribution is 0.102. The Morgan fingerprint density at radius 3 is 2.89 bits per heavy atom. The first-order chi connectivity index (χ1) is 9.11. The van der Waals surface area contributed by atoms with Gasteiger partial charge in [0.1, 0.15) is 5.75 Å². The highest BCUT2D eigenvalue weighted by Crippen LogP contribution is 2.24. The quantitative estimate of drug-likeness (QED) is 0.846. The van der Waals surface area contributed by atoms with Crippen LogP contribution in [0.2, 0.25) is 5.02 Å². The Labute approximate surface area is 115 Å². The van der Waals surface area contributed by atoms with E-state index in [0.717, 1.165) is 0 Å². The van der Waals surface area contributed by atoms with E-state index in [1.807, 2.05) is 0 Å². The van der Waals surface area contributed by atoms with Crippen LogP contribution in [0.25, 0.3) is 0 Å². The first-order valence-electron chi connectivity index (χ1n) is 5.47. The topological polar surface area (TPSA) is 77.2 Å². The minimum absolute atomic E-state index is 0.299. The smallest absolute Gasteiger partial charge is 0.260 e. The molecule has 5 nitrogen and oxygen atoms in total. The standard InChI is InChI=1S/C13H12ClN3O2/c1-19-11-7-8(15)4-5-9(11)13(18)17-12-10(14)3-2-6-16-12/h2-7H,15H2,1H3,(H,16,17,18). The van der Waals surface area contributed by atoms with Gasteiger partial charge in [0.2, 0.25) is 0 Å². The van der Waals surface area contributed by atoms with Crippen LogP contribution in [0.5, 0.6) is 5.75 Å². The van der Waals surface area contributed by atoms with Crippen LogP contribution in [0.4, 0.5) is 11.5 Å². The van der Waals surface area contributed by atoms with Crippen molar-refractivity contribution in [2.45, 2.75) is 0 Å². The van der Waals surface area contributed by atoms with Gasteiger partial charge in [0.25, 0.3) is 5.91 Å². The number of carbonyl (C=O) groups excluding carboxylic acids is 1. The van der Waals surface area contributed by atoms with Crippen LogP contribution in [0.15, 0.2) is 36.5 Å². The van der Waals surface area contributed by atoms with Crippen molar-refractivity contribution in [3.05, 3.63) is 47.1 Å². The Hall–Kier alpha value is -2.27. The van der Waals surface area contributed by atoms with Crippen molar-refractivity contribution in [3.8, 4) is 5.75 Å². The molecule has 98 valence electrons. The zero-order chi connectivity index (χ0) is 13.8. The number of halogens is 1. The number of rotatable bonds is 3. The molecule has 0 aliphatic heterocycles. The maximum absolute atomic E-state index is 12.1. The van der Waals surface area contributed by atoms with Gasteiger partial charge in [-0.05, 0) is 24.3 Å². The molecule has 1 aromatic carbocycles. The number of hydrogen-bond donors (Lipinski definition) is 2. The molecule has 1 heterocycles. The number of amides is 1. The minimum atomic E-state index is -0.363. The number of nitrogens with one attached hydrogen (secondary N) is 1. The zero-order valence-corrected chi connectivity index (χ0v) is 10.9. The monoisotopic (exact) mass is 277 g/mol. The number of aromatic nitrogens is 1. The number of nitrogens with zero attached hydrogens (tertiary/aromatic N) is 1. The van der Waals surface area contributed by atoms with Gasteiger partial charge in [-0.2, -0.15) is 0 Å². The Morgan fingerprint density at radius 1 is 1.42 bits per heavy atom. The molecule has 0 fully saturated rings. The number of benzene rings is 1. The van der Waals surface area contributed by atoms with Crippen LogP contribution in [-0.2, 0) is 0 Å². The number of pyridine rings is 1. The molecule has 0 aliphatic rings. The second-order valence-electron chi connectivity index (χ2n) is 3.75. The predicted octanol–water partition coefficient (Wildman–Crippen LogP) is 2.58. The van der Waals surface area contributed by atoms with Gasteiger partial charge in [-0.25, -0.2) is 4.98 Å². The van der Waals surface area contributed by atoms with Crippen LogP contribution in [0, 0.1) is 0 Å². The number of nitrogen functional groups attached to an aromatic ring is 1. The molecule has 0 spiro atoms. The summed E-state index contributed by atoms with van der Waals surface area (Å²) in [6.45, 7) is 0. The third-order valence-electron chi connectivity index (χ3n) is 2.46. The molecule has 2 aromatic rings. The number of hydrogen-bond acceptors (Lipinski definition) is 4. The lowest BCUT2D eigenvalue weighted by Gasteiger charge is -2.10. The molecule has 0 saturated heterocycles. The molecule has 0 saturated carbocycles. The zero-order valence-electron chi connectivity index (χ0n) is 10.2. The normalized spacial score (nSPS) is 10.0. The molecule has 0 aliphatic carbocycles. The summed E-state index contributed by atoms with van der Waals surface area (Å²) in [5, 5.41) is 2.98. The van der Waals surface area contributed by atoms with E-state index in [4.69, 9.17) is 22.1 Å². The molecule has 0 radical (unpaired) electrons. The first kappa shape index (κ1) is 13.2. The second-order valence-corrected chi connectivity index (χ2v) is 4.15. The van der Waals surface area contributed by atoms with Crippen LogP contribution >= 0.6 is 11.6 Å². The van der Waals surface area contributed by atoms with E-state index in [1.165, 1.54) is 7.11 Å². The van der Waals surface area contributed by atoms with E-state index in [1.54, 1.807) is 36.5 Å². The summed E-state index contributed by atoms with van der Waals surface area (Å²) in [7, 11) is 1.47. The summed E-state index contributed by atoms with van der Waals surface area (Å²) >= 11 is 5.93. The summed E-state index contributed by atoms with van der Waals surface area (Å²) in [6, 6.07) is 8.11.